The van der Waals surface area contributed by atoms with E-state index in [0.29, 0.717) is 25.4 Å². The summed E-state index contributed by atoms with van der Waals surface area (Å²) >= 11 is 0. The van der Waals surface area contributed by atoms with Gasteiger partial charge in [0, 0.05) is 19.0 Å². The van der Waals surface area contributed by atoms with Crippen molar-refractivity contribution in [3.8, 4) is 0 Å². The topological polar surface area (TPSA) is 23.5 Å². The van der Waals surface area contributed by atoms with Crippen molar-refractivity contribution in [2.75, 3.05) is 19.6 Å². The summed E-state index contributed by atoms with van der Waals surface area (Å²) in [5.41, 5.74) is -2.56. The van der Waals surface area contributed by atoms with Crippen molar-refractivity contribution < 1.29 is 18.3 Å². The highest BCUT2D eigenvalue weighted by molar-refractivity contribution is 4.94. The van der Waals surface area contributed by atoms with Gasteiger partial charge in [0.05, 0.1) is 0 Å². The first-order valence-electron chi connectivity index (χ1n) is 5.66. The normalized spacial score (nSPS) is 27.4. The van der Waals surface area contributed by atoms with Crippen molar-refractivity contribution in [2.24, 2.45) is 11.8 Å². The largest absolute Gasteiger partial charge is 0.417 e. The van der Waals surface area contributed by atoms with Crippen LogP contribution in [0.25, 0.3) is 0 Å². The van der Waals surface area contributed by atoms with Crippen LogP contribution < -0.4 is 0 Å². The SMILES string of the molecule is CC(C)CN1CCC(C(C)(O)C(F)(F)F)C1. The summed E-state index contributed by atoms with van der Waals surface area (Å²) in [5, 5.41) is 9.55. The molecular formula is C11H20F3NO. The molecule has 0 aromatic carbocycles. The van der Waals surface area contributed by atoms with Crippen LogP contribution in [0.5, 0.6) is 0 Å². The fraction of sp³-hybridized carbons (Fsp3) is 1.00. The molecule has 2 unspecified atom stereocenters. The second-order valence-corrected chi connectivity index (χ2v) is 5.28. The van der Waals surface area contributed by atoms with Gasteiger partial charge in [-0.3, -0.25) is 0 Å². The molecule has 16 heavy (non-hydrogen) atoms. The molecule has 1 heterocycles. The third kappa shape index (κ3) is 2.88. The van der Waals surface area contributed by atoms with Gasteiger partial charge >= 0.3 is 6.18 Å². The molecule has 0 saturated carbocycles. The summed E-state index contributed by atoms with van der Waals surface area (Å²) in [6, 6.07) is 0. The Balaban J connectivity index is 2.59. The van der Waals surface area contributed by atoms with E-state index >= 15 is 0 Å². The van der Waals surface area contributed by atoms with Crippen LogP contribution in [0.1, 0.15) is 27.2 Å². The lowest BCUT2D eigenvalue weighted by Gasteiger charge is -2.32. The van der Waals surface area contributed by atoms with Gasteiger partial charge in [-0.15, -0.1) is 0 Å². The van der Waals surface area contributed by atoms with Crippen LogP contribution in [0.3, 0.4) is 0 Å². The number of likely N-dealkylation sites (tertiary alicyclic amines) is 1. The van der Waals surface area contributed by atoms with Gasteiger partial charge in [0.25, 0.3) is 0 Å². The summed E-state index contributed by atoms with van der Waals surface area (Å²) < 4.78 is 37.8. The minimum atomic E-state index is -4.54. The van der Waals surface area contributed by atoms with Crippen LogP contribution in [-0.2, 0) is 0 Å². The van der Waals surface area contributed by atoms with Crippen LogP contribution in [-0.4, -0.2) is 41.4 Å². The van der Waals surface area contributed by atoms with E-state index in [4.69, 9.17) is 0 Å². The number of halogens is 3. The van der Waals surface area contributed by atoms with E-state index in [0.717, 1.165) is 13.5 Å². The molecule has 2 nitrogen and oxygen atoms in total. The number of alkyl halides is 3. The predicted octanol–water partition coefficient (Wildman–Crippen LogP) is 2.28. The standard InChI is InChI=1S/C11H20F3NO/c1-8(2)6-15-5-4-9(7-15)10(3,16)11(12,13)14/h8-9,16H,4-7H2,1-3H3. The summed E-state index contributed by atoms with van der Waals surface area (Å²) in [5.74, 6) is -0.263. The quantitative estimate of drug-likeness (QED) is 0.816. The first kappa shape index (κ1) is 13.8. The molecule has 1 aliphatic heterocycles. The van der Waals surface area contributed by atoms with Gasteiger partial charge in [-0.2, -0.15) is 13.2 Å². The van der Waals surface area contributed by atoms with Crippen LogP contribution in [0.15, 0.2) is 0 Å². The number of nitrogens with zero attached hydrogens (tertiary/aromatic N) is 1. The van der Waals surface area contributed by atoms with E-state index in [2.05, 4.69) is 0 Å². The van der Waals surface area contributed by atoms with Crippen LogP contribution in [0, 0.1) is 11.8 Å². The van der Waals surface area contributed by atoms with E-state index in [1.807, 2.05) is 18.7 Å². The van der Waals surface area contributed by atoms with Gasteiger partial charge in [0.1, 0.15) is 0 Å². The predicted molar refractivity (Wildman–Crippen MR) is 56.1 cm³/mol. The number of rotatable bonds is 3. The maximum absolute atomic E-state index is 12.6. The molecule has 0 spiro atoms. The van der Waals surface area contributed by atoms with E-state index in [9.17, 15) is 18.3 Å². The molecule has 0 aromatic heterocycles. The van der Waals surface area contributed by atoms with Gasteiger partial charge in [-0.25, -0.2) is 0 Å². The molecule has 1 saturated heterocycles. The number of hydrogen-bond donors (Lipinski definition) is 1. The summed E-state index contributed by atoms with van der Waals surface area (Å²) in [4.78, 5) is 2.00. The Morgan fingerprint density at radius 3 is 2.38 bits per heavy atom. The maximum atomic E-state index is 12.6. The molecule has 2 atom stereocenters. The zero-order valence-corrected chi connectivity index (χ0v) is 10.0. The molecule has 5 heteroatoms. The zero-order chi connectivity index (χ0) is 12.6. The Kier molecular flexibility index (Phi) is 3.90. The van der Waals surface area contributed by atoms with E-state index < -0.39 is 17.7 Å². The molecule has 96 valence electrons. The van der Waals surface area contributed by atoms with Gasteiger partial charge in [0.2, 0.25) is 0 Å². The molecule has 0 amide bonds. The van der Waals surface area contributed by atoms with Gasteiger partial charge in [0.15, 0.2) is 5.60 Å². The first-order chi connectivity index (χ1) is 7.14. The molecule has 0 bridgehead atoms. The lowest BCUT2D eigenvalue weighted by atomic mass is 9.88. The molecule has 0 radical (unpaired) electrons. The van der Waals surface area contributed by atoms with Crippen molar-refractivity contribution in [3.63, 3.8) is 0 Å². The lowest BCUT2D eigenvalue weighted by Crippen LogP contribution is -2.49. The molecule has 0 aromatic rings. The van der Waals surface area contributed by atoms with Crippen LogP contribution >= 0.6 is 0 Å². The highest BCUT2D eigenvalue weighted by atomic mass is 19.4. The second kappa shape index (κ2) is 4.53. The summed E-state index contributed by atoms with van der Waals surface area (Å²) in [7, 11) is 0. The Bertz CT molecular complexity index is 238. The summed E-state index contributed by atoms with van der Waals surface area (Å²) in [6.07, 6.45) is -4.12. The van der Waals surface area contributed by atoms with E-state index in [-0.39, 0.29) is 0 Å². The van der Waals surface area contributed by atoms with Crippen molar-refractivity contribution in [2.45, 2.75) is 39.0 Å². The van der Waals surface area contributed by atoms with E-state index in [1.165, 1.54) is 0 Å². The molecule has 1 aliphatic rings. The lowest BCUT2D eigenvalue weighted by molar-refractivity contribution is -0.270. The van der Waals surface area contributed by atoms with Crippen LogP contribution in [0.4, 0.5) is 13.2 Å². The van der Waals surface area contributed by atoms with Gasteiger partial charge < -0.3 is 10.0 Å². The molecule has 1 fully saturated rings. The summed E-state index contributed by atoms with van der Waals surface area (Å²) in [6.45, 7) is 6.74. The monoisotopic (exact) mass is 239 g/mol. The second-order valence-electron chi connectivity index (χ2n) is 5.28. The highest BCUT2D eigenvalue weighted by Crippen LogP contribution is 2.40. The Labute approximate surface area is 94.4 Å². The molecule has 1 N–H and O–H groups in total. The average molecular weight is 239 g/mol. The smallest absolute Gasteiger partial charge is 0.380 e. The van der Waals surface area contributed by atoms with Crippen molar-refractivity contribution in [3.05, 3.63) is 0 Å². The van der Waals surface area contributed by atoms with Crippen molar-refractivity contribution in [1.82, 2.24) is 4.90 Å². The molecular weight excluding hydrogens is 219 g/mol. The van der Waals surface area contributed by atoms with Crippen molar-refractivity contribution >= 4 is 0 Å². The van der Waals surface area contributed by atoms with Crippen molar-refractivity contribution in [1.29, 1.82) is 0 Å². The third-order valence-electron chi connectivity index (χ3n) is 3.26. The fourth-order valence-electron chi connectivity index (χ4n) is 2.21. The third-order valence-corrected chi connectivity index (χ3v) is 3.26. The van der Waals surface area contributed by atoms with Gasteiger partial charge in [-0.1, -0.05) is 13.8 Å². The van der Waals surface area contributed by atoms with E-state index in [1.54, 1.807) is 0 Å². The average Bonchev–Trinajstić information content (AvgIpc) is 2.49. The molecule has 1 rings (SSSR count). The minimum Gasteiger partial charge on any atom is -0.380 e. The minimum absolute atomic E-state index is 0.338. The maximum Gasteiger partial charge on any atom is 0.417 e. The first-order valence-corrected chi connectivity index (χ1v) is 5.66. The Morgan fingerprint density at radius 2 is 1.94 bits per heavy atom. The Hall–Kier alpha value is -0.290. The highest BCUT2D eigenvalue weighted by Gasteiger charge is 2.55. The fourth-order valence-corrected chi connectivity index (χ4v) is 2.21. The van der Waals surface area contributed by atoms with Crippen LogP contribution in [0.2, 0.25) is 0 Å². The number of hydrogen-bond acceptors (Lipinski definition) is 2. The number of aliphatic hydroxyl groups is 1. The molecule has 0 aliphatic carbocycles. The zero-order valence-electron chi connectivity index (χ0n) is 10.0. The Morgan fingerprint density at radius 1 is 1.38 bits per heavy atom. The van der Waals surface area contributed by atoms with Gasteiger partial charge in [-0.05, 0) is 25.8 Å².